The van der Waals surface area contributed by atoms with Crippen LogP contribution in [0.15, 0.2) is 96.2 Å². The number of anilines is 1. The summed E-state index contributed by atoms with van der Waals surface area (Å²) in [5.74, 6) is 0.451. The Bertz CT molecular complexity index is 1320. The zero-order chi connectivity index (χ0) is 19.5. The van der Waals surface area contributed by atoms with Crippen LogP contribution < -0.4 is 5.43 Å². The molecule has 29 heavy (non-hydrogen) atoms. The first kappa shape index (κ1) is 17.0. The van der Waals surface area contributed by atoms with Gasteiger partial charge in [0.25, 0.3) is 0 Å². The molecule has 0 unspecified atom stereocenters. The molecule has 0 bridgehead atoms. The second-order valence-corrected chi connectivity index (χ2v) is 6.57. The quantitative estimate of drug-likeness (QED) is 0.342. The molecule has 1 N–H and O–H groups in total. The molecular weight excluding hydrogens is 358 g/mol. The number of nitrogens with one attached hydrogen (secondary N) is 1. The first-order chi connectivity index (χ1) is 14.4. The molecular formula is C24H17N5. The highest BCUT2D eigenvalue weighted by Crippen LogP contribution is 2.27. The molecule has 5 heteroatoms. The van der Waals surface area contributed by atoms with Crippen molar-refractivity contribution in [3.8, 4) is 11.3 Å². The summed E-state index contributed by atoms with van der Waals surface area (Å²) in [5.41, 5.74) is 7.60. The van der Waals surface area contributed by atoms with Crippen molar-refractivity contribution < 1.29 is 0 Å². The third kappa shape index (κ3) is 3.41. The molecule has 0 saturated heterocycles. The van der Waals surface area contributed by atoms with E-state index in [1.54, 1.807) is 12.4 Å². The van der Waals surface area contributed by atoms with E-state index in [0.29, 0.717) is 5.95 Å². The molecule has 0 spiro atoms. The van der Waals surface area contributed by atoms with Crippen LogP contribution in [-0.4, -0.2) is 21.2 Å². The SMILES string of the molecule is C(=NNc1nc(-c2ccccc2)c2ccccc2n1)c1cccc2cccnc12. The van der Waals surface area contributed by atoms with Crippen LogP contribution in [0.1, 0.15) is 5.56 Å². The number of benzene rings is 3. The van der Waals surface area contributed by atoms with Gasteiger partial charge in [-0.05, 0) is 12.1 Å². The number of pyridine rings is 1. The molecule has 0 aliphatic carbocycles. The van der Waals surface area contributed by atoms with Gasteiger partial charge in [-0.15, -0.1) is 0 Å². The van der Waals surface area contributed by atoms with Crippen LogP contribution in [0.4, 0.5) is 5.95 Å². The van der Waals surface area contributed by atoms with Gasteiger partial charge in [-0.25, -0.2) is 15.4 Å². The van der Waals surface area contributed by atoms with E-state index in [1.807, 2.05) is 84.9 Å². The minimum atomic E-state index is 0.451. The number of nitrogens with zero attached hydrogens (tertiary/aromatic N) is 4. The van der Waals surface area contributed by atoms with Gasteiger partial charge in [-0.1, -0.05) is 72.8 Å². The lowest BCUT2D eigenvalue weighted by Gasteiger charge is -2.08. The largest absolute Gasteiger partial charge is 0.256 e. The third-order valence-electron chi connectivity index (χ3n) is 4.68. The van der Waals surface area contributed by atoms with Crippen molar-refractivity contribution in [2.75, 3.05) is 5.43 Å². The summed E-state index contributed by atoms with van der Waals surface area (Å²) in [6.45, 7) is 0. The summed E-state index contributed by atoms with van der Waals surface area (Å²) in [5, 5.41) is 6.44. The van der Waals surface area contributed by atoms with Crippen molar-refractivity contribution in [3.63, 3.8) is 0 Å². The highest BCUT2D eigenvalue weighted by atomic mass is 15.3. The van der Waals surface area contributed by atoms with Crippen molar-refractivity contribution in [1.29, 1.82) is 0 Å². The number of aromatic nitrogens is 3. The van der Waals surface area contributed by atoms with Crippen molar-refractivity contribution in [3.05, 3.63) is 96.7 Å². The monoisotopic (exact) mass is 375 g/mol. The van der Waals surface area contributed by atoms with Crippen LogP contribution in [0.3, 0.4) is 0 Å². The predicted molar refractivity (Wildman–Crippen MR) is 118 cm³/mol. The number of hydrogen-bond acceptors (Lipinski definition) is 5. The van der Waals surface area contributed by atoms with E-state index < -0.39 is 0 Å². The fraction of sp³-hybridized carbons (Fsp3) is 0. The van der Waals surface area contributed by atoms with Crippen LogP contribution in [0, 0.1) is 0 Å². The molecule has 0 amide bonds. The summed E-state index contributed by atoms with van der Waals surface area (Å²) in [4.78, 5) is 13.8. The van der Waals surface area contributed by atoms with Crippen LogP contribution >= 0.6 is 0 Å². The van der Waals surface area contributed by atoms with E-state index in [4.69, 9.17) is 4.98 Å². The molecule has 0 atom stereocenters. The molecule has 5 rings (SSSR count). The van der Waals surface area contributed by atoms with E-state index in [-0.39, 0.29) is 0 Å². The smallest absolute Gasteiger partial charge is 0.244 e. The molecule has 3 aromatic carbocycles. The first-order valence-corrected chi connectivity index (χ1v) is 9.33. The third-order valence-corrected chi connectivity index (χ3v) is 4.68. The zero-order valence-corrected chi connectivity index (χ0v) is 15.5. The molecule has 138 valence electrons. The second kappa shape index (κ2) is 7.48. The summed E-state index contributed by atoms with van der Waals surface area (Å²) in [6, 6.07) is 28.0. The Morgan fingerprint density at radius 1 is 0.759 bits per heavy atom. The minimum Gasteiger partial charge on any atom is -0.256 e. The van der Waals surface area contributed by atoms with E-state index in [9.17, 15) is 0 Å². The number of fused-ring (bicyclic) bond motifs is 2. The van der Waals surface area contributed by atoms with Crippen LogP contribution in [0.2, 0.25) is 0 Å². The summed E-state index contributed by atoms with van der Waals surface area (Å²) in [6.07, 6.45) is 3.53. The molecule has 0 aliphatic rings. The maximum absolute atomic E-state index is 4.71. The number of rotatable bonds is 4. The van der Waals surface area contributed by atoms with Gasteiger partial charge in [0.15, 0.2) is 0 Å². The fourth-order valence-corrected chi connectivity index (χ4v) is 3.33. The lowest BCUT2D eigenvalue weighted by molar-refractivity contribution is 1.16. The van der Waals surface area contributed by atoms with Gasteiger partial charge in [0.1, 0.15) is 0 Å². The zero-order valence-electron chi connectivity index (χ0n) is 15.5. The highest BCUT2D eigenvalue weighted by Gasteiger charge is 2.09. The normalized spacial score (nSPS) is 11.3. The lowest BCUT2D eigenvalue weighted by atomic mass is 10.1. The average molecular weight is 375 g/mol. The van der Waals surface area contributed by atoms with Crippen molar-refractivity contribution in [2.24, 2.45) is 5.10 Å². The van der Waals surface area contributed by atoms with E-state index in [2.05, 4.69) is 20.5 Å². The van der Waals surface area contributed by atoms with Crippen molar-refractivity contribution in [2.45, 2.75) is 0 Å². The van der Waals surface area contributed by atoms with E-state index in [1.165, 1.54) is 0 Å². The van der Waals surface area contributed by atoms with E-state index >= 15 is 0 Å². The molecule has 0 fully saturated rings. The molecule has 0 radical (unpaired) electrons. The Hall–Kier alpha value is -4.12. The maximum atomic E-state index is 4.71. The molecule has 2 aromatic heterocycles. The second-order valence-electron chi connectivity index (χ2n) is 6.57. The Balaban J connectivity index is 1.52. The van der Waals surface area contributed by atoms with Gasteiger partial charge >= 0.3 is 0 Å². The summed E-state index contributed by atoms with van der Waals surface area (Å²) < 4.78 is 0. The van der Waals surface area contributed by atoms with Crippen molar-refractivity contribution >= 4 is 34.0 Å². The van der Waals surface area contributed by atoms with Crippen LogP contribution in [0.25, 0.3) is 33.1 Å². The maximum Gasteiger partial charge on any atom is 0.244 e. The lowest BCUT2D eigenvalue weighted by Crippen LogP contribution is -2.00. The summed E-state index contributed by atoms with van der Waals surface area (Å²) >= 11 is 0. The summed E-state index contributed by atoms with van der Waals surface area (Å²) in [7, 11) is 0. The van der Waals surface area contributed by atoms with Gasteiger partial charge in [0.2, 0.25) is 5.95 Å². The fourth-order valence-electron chi connectivity index (χ4n) is 3.33. The van der Waals surface area contributed by atoms with Crippen molar-refractivity contribution in [1.82, 2.24) is 15.0 Å². The molecule has 5 nitrogen and oxygen atoms in total. The molecule has 0 aliphatic heterocycles. The topological polar surface area (TPSA) is 63.1 Å². The number of hydrazone groups is 1. The Kier molecular flexibility index (Phi) is 4.39. The average Bonchev–Trinajstić information content (AvgIpc) is 2.79. The highest BCUT2D eigenvalue weighted by molar-refractivity contribution is 5.97. The van der Waals surface area contributed by atoms with Gasteiger partial charge < -0.3 is 0 Å². The van der Waals surface area contributed by atoms with E-state index in [0.717, 1.165) is 38.6 Å². The number of hydrogen-bond donors (Lipinski definition) is 1. The van der Waals surface area contributed by atoms with Crippen LogP contribution in [-0.2, 0) is 0 Å². The van der Waals surface area contributed by atoms with Gasteiger partial charge in [0.05, 0.1) is 22.9 Å². The standard InChI is InChI=1S/C24H17N5/c1-2-8-18(9-3-1)23-20-13-4-5-14-21(20)27-24(28-23)29-26-16-19-11-6-10-17-12-7-15-25-22(17)19/h1-16H,(H,27,28,29). The molecule has 5 aromatic rings. The predicted octanol–water partition coefficient (Wildman–Crippen LogP) is 5.29. The Morgan fingerprint density at radius 2 is 1.59 bits per heavy atom. The van der Waals surface area contributed by atoms with Gasteiger partial charge in [-0.2, -0.15) is 5.10 Å². The van der Waals surface area contributed by atoms with Gasteiger partial charge in [-0.3, -0.25) is 4.98 Å². The minimum absolute atomic E-state index is 0.451. The Morgan fingerprint density at radius 3 is 2.52 bits per heavy atom. The first-order valence-electron chi connectivity index (χ1n) is 9.33. The molecule has 2 heterocycles. The molecule has 0 saturated carbocycles. The Labute approximate surface area is 167 Å². The van der Waals surface area contributed by atoms with Crippen LogP contribution in [0.5, 0.6) is 0 Å². The van der Waals surface area contributed by atoms with Gasteiger partial charge in [0, 0.05) is 28.1 Å². The number of para-hydroxylation sites is 2.